The fourth-order valence-corrected chi connectivity index (χ4v) is 6.69. The summed E-state index contributed by atoms with van der Waals surface area (Å²) in [5.41, 5.74) is 7.57. The predicted molar refractivity (Wildman–Crippen MR) is 148 cm³/mol. The summed E-state index contributed by atoms with van der Waals surface area (Å²) >= 11 is 7.45. The van der Waals surface area contributed by atoms with Crippen LogP contribution in [0.5, 0.6) is 0 Å². The van der Waals surface area contributed by atoms with Gasteiger partial charge >= 0.3 is 0 Å². The van der Waals surface area contributed by atoms with Crippen molar-refractivity contribution in [3.63, 3.8) is 0 Å². The van der Waals surface area contributed by atoms with Crippen LogP contribution in [-0.4, -0.2) is 5.11 Å². The van der Waals surface area contributed by atoms with Crippen LogP contribution in [0.4, 0.5) is 0 Å². The predicted octanol–water partition coefficient (Wildman–Crippen LogP) is 8.85. The lowest BCUT2D eigenvalue weighted by Crippen LogP contribution is -2.27. The van der Waals surface area contributed by atoms with E-state index in [1.54, 1.807) is 0 Å². The molecular formula is C31H20Br2O2. The van der Waals surface area contributed by atoms with Gasteiger partial charge in [0.25, 0.3) is 0 Å². The number of allylic oxidation sites excluding steroid dienone is 1. The molecule has 1 aromatic heterocycles. The molecule has 7 rings (SSSR count). The first kappa shape index (κ1) is 21.4. The van der Waals surface area contributed by atoms with Crippen LogP contribution in [-0.2, 0) is 12.0 Å². The van der Waals surface area contributed by atoms with Crippen LogP contribution in [0.15, 0.2) is 98.3 Å². The highest BCUT2D eigenvalue weighted by atomic mass is 79.9. The van der Waals surface area contributed by atoms with Crippen molar-refractivity contribution in [1.82, 2.24) is 0 Å². The van der Waals surface area contributed by atoms with Crippen molar-refractivity contribution in [2.45, 2.75) is 18.4 Å². The number of benzene rings is 4. The summed E-state index contributed by atoms with van der Waals surface area (Å²) in [6, 6.07) is 26.7. The fourth-order valence-electron chi connectivity index (χ4n) is 5.82. The Morgan fingerprint density at radius 3 is 2.46 bits per heavy atom. The van der Waals surface area contributed by atoms with Gasteiger partial charge in [-0.15, -0.1) is 0 Å². The lowest BCUT2D eigenvalue weighted by Gasteiger charge is -2.29. The molecule has 0 spiro atoms. The summed E-state index contributed by atoms with van der Waals surface area (Å²) in [6.07, 6.45) is 6.15. The van der Waals surface area contributed by atoms with Gasteiger partial charge < -0.3 is 9.52 Å². The van der Waals surface area contributed by atoms with Gasteiger partial charge in [0.15, 0.2) is 0 Å². The lowest BCUT2D eigenvalue weighted by molar-refractivity contribution is 0.131. The standard InChI is InChI=1S/C31H20Br2O2/c32-19-14-15-21-24(16-19)31(34,23-12-6-4-10-20(23)18-8-2-1-3-9-18)25-17-26(33)30-29(28(21)25)22-11-5-7-13-27(22)35-30/h1-4,6-10,12-17,34H,5,11H2. The van der Waals surface area contributed by atoms with E-state index in [0.717, 1.165) is 77.5 Å². The smallest absolute Gasteiger partial charge is 0.149 e. The summed E-state index contributed by atoms with van der Waals surface area (Å²) in [4.78, 5) is 0. The van der Waals surface area contributed by atoms with E-state index in [9.17, 15) is 5.11 Å². The second kappa shape index (κ2) is 7.79. The Balaban J connectivity index is 1.63. The fraction of sp³-hybridized carbons (Fsp3) is 0.0968. The molecule has 0 saturated heterocycles. The molecular weight excluding hydrogens is 564 g/mol. The van der Waals surface area contributed by atoms with Crippen LogP contribution >= 0.6 is 31.9 Å². The second-order valence-corrected chi connectivity index (χ2v) is 11.0. The molecule has 0 saturated carbocycles. The largest absolute Gasteiger partial charge is 0.455 e. The summed E-state index contributed by atoms with van der Waals surface area (Å²) < 4.78 is 8.12. The Morgan fingerprint density at radius 1 is 0.800 bits per heavy atom. The molecule has 170 valence electrons. The Bertz CT molecular complexity index is 1680. The van der Waals surface area contributed by atoms with Gasteiger partial charge in [-0.25, -0.2) is 0 Å². The first-order valence-corrected chi connectivity index (χ1v) is 13.3. The Labute approximate surface area is 220 Å². The average Bonchev–Trinajstić information content (AvgIpc) is 3.39. The zero-order valence-electron chi connectivity index (χ0n) is 18.7. The van der Waals surface area contributed by atoms with Crippen LogP contribution in [0.2, 0.25) is 0 Å². The zero-order chi connectivity index (χ0) is 23.7. The molecule has 0 fully saturated rings. The minimum atomic E-state index is -1.33. The Hall–Kier alpha value is -2.92. The summed E-state index contributed by atoms with van der Waals surface area (Å²) in [5, 5.41) is 14.0. The minimum absolute atomic E-state index is 0.842. The number of furan rings is 1. The van der Waals surface area contributed by atoms with Crippen LogP contribution in [0.1, 0.15) is 34.4 Å². The highest BCUT2D eigenvalue weighted by molar-refractivity contribution is 9.11. The van der Waals surface area contributed by atoms with Crippen LogP contribution in [0.25, 0.3) is 39.3 Å². The van der Waals surface area contributed by atoms with Gasteiger partial charge in [-0.05, 0) is 69.7 Å². The number of fused-ring (bicyclic) bond motifs is 7. The van der Waals surface area contributed by atoms with Gasteiger partial charge in [-0.1, -0.05) is 82.7 Å². The third-order valence-electron chi connectivity index (χ3n) is 7.31. The number of aliphatic hydroxyl groups is 1. The first-order valence-electron chi connectivity index (χ1n) is 11.7. The Morgan fingerprint density at radius 2 is 1.60 bits per heavy atom. The summed E-state index contributed by atoms with van der Waals surface area (Å²) in [5.74, 6) is 0.916. The third kappa shape index (κ3) is 2.97. The third-order valence-corrected chi connectivity index (χ3v) is 8.39. The van der Waals surface area contributed by atoms with Crippen molar-refractivity contribution in [3.8, 4) is 22.3 Å². The highest BCUT2D eigenvalue weighted by Crippen LogP contribution is 2.57. The highest BCUT2D eigenvalue weighted by Gasteiger charge is 2.46. The molecule has 1 atom stereocenters. The normalized spacial score (nSPS) is 17.9. The van der Waals surface area contributed by atoms with Crippen molar-refractivity contribution in [1.29, 1.82) is 0 Å². The van der Waals surface area contributed by atoms with Gasteiger partial charge in [0.05, 0.1) is 4.47 Å². The van der Waals surface area contributed by atoms with Gasteiger partial charge in [-0.2, -0.15) is 0 Å². The van der Waals surface area contributed by atoms with Crippen molar-refractivity contribution in [2.24, 2.45) is 0 Å². The number of halogens is 2. The summed E-state index contributed by atoms with van der Waals surface area (Å²) in [6.45, 7) is 0. The molecule has 0 aliphatic heterocycles. The number of aryl methyl sites for hydroxylation is 1. The van der Waals surface area contributed by atoms with E-state index in [2.05, 4.69) is 80.4 Å². The first-order chi connectivity index (χ1) is 17.1. The molecule has 1 N–H and O–H groups in total. The molecule has 5 aromatic rings. The van der Waals surface area contributed by atoms with Gasteiger partial charge in [-0.3, -0.25) is 0 Å². The topological polar surface area (TPSA) is 33.4 Å². The van der Waals surface area contributed by atoms with E-state index in [0.29, 0.717) is 0 Å². The van der Waals surface area contributed by atoms with Crippen molar-refractivity contribution >= 4 is 48.9 Å². The van der Waals surface area contributed by atoms with Crippen molar-refractivity contribution < 1.29 is 9.52 Å². The summed E-state index contributed by atoms with van der Waals surface area (Å²) in [7, 11) is 0. The maximum absolute atomic E-state index is 12.9. The molecule has 35 heavy (non-hydrogen) atoms. The van der Waals surface area contributed by atoms with E-state index < -0.39 is 5.60 Å². The quantitative estimate of drug-likeness (QED) is 0.225. The van der Waals surface area contributed by atoms with Crippen LogP contribution in [0.3, 0.4) is 0 Å². The van der Waals surface area contributed by atoms with Gasteiger partial charge in [0.1, 0.15) is 16.9 Å². The number of hydrogen-bond donors (Lipinski definition) is 1. The monoisotopic (exact) mass is 582 g/mol. The van der Waals surface area contributed by atoms with Crippen molar-refractivity contribution in [3.05, 3.63) is 122 Å². The number of rotatable bonds is 2. The molecule has 2 aliphatic rings. The van der Waals surface area contributed by atoms with Crippen molar-refractivity contribution in [2.75, 3.05) is 0 Å². The lowest BCUT2D eigenvalue weighted by atomic mass is 9.80. The molecule has 1 heterocycles. The molecule has 1 unspecified atom stereocenters. The maximum atomic E-state index is 12.9. The van der Waals surface area contributed by atoms with Gasteiger partial charge in [0.2, 0.25) is 0 Å². The van der Waals surface area contributed by atoms with Crippen LogP contribution in [0, 0.1) is 0 Å². The number of hydrogen-bond acceptors (Lipinski definition) is 2. The maximum Gasteiger partial charge on any atom is 0.149 e. The van der Waals surface area contributed by atoms with E-state index in [1.165, 1.54) is 5.56 Å². The van der Waals surface area contributed by atoms with Gasteiger partial charge in [0, 0.05) is 37.7 Å². The Kier molecular flexibility index (Phi) is 4.76. The molecule has 4 aromatic carbocycles. The molecule has 2 aliphatic carbocycles. The zero-order valence-corrected chi connectivity index (χ0v) is 21.9. The molecule has 0 amide bonds. The molecule has 0 bridgehead atoms. The average molecular weight is 584 g/mol. The molecule has 2 nitrogen and oxygen atoms in total. The molecule has 4 heteroatoms. The second-order valence-electron chi connectivity index (χ2n) is 9.18. The van der Waals surface area contributed by atoms with E-state index in [-0.39, 0.29) is 0 Å². The SMILES string of the molecule is OC1(c2ccccc2-c2ccccc2)c2cc(Br)ccc2-c2c1cc(Br)c1oc3c(c21)CCC=C3. The van der Waals surface area contributed by atoms with E-state index in [1.807, 2.05) is 42.5 Å². The van der Waals surface area contributed by atoms with Crippen LogP contribution < -0.4 is 0 Å². The van der Waals surface area contributed by atoms with E-state index >= 15 is 0 Å². The molecule has 0 radical (unpaired) electrons. The van der Waals surface area contributed by atoms with E-state index in [4.69, 9.17) is 4.42 Å². The minimum Gasteiger partial charge on any atom is -0.455 e.